The van der Waals surface area contributed by atoms with Gasteiger partial charge in [0.15, 0.2) is 0 Å². The Morgan fingerprint density at radius 3 is 2.15 bits per heavy atom. The molecule has 0 aromatic carbocycles. The Labute approximate surface area is 164 Å². The first-order valence-corrected chi connectivity index (χ1v) is 11.4. The molecular weight excluding hydrogens is 318 g/mol. The Balaban J connectivity index is 1.73. The van der Waals surface area contributed by atoms with Gasteiger partial charge in [-0.1, -0.05) is 69.8 Å². The number of hydrogen-bond acceptors (Lipinski definition) is 2. The highest BCUT2D eigenvalue weighted by Crippen LogP contribution is 2.14. The van der Waals surface area contributed by atoms with E-state index in [1.54, 1.807) is 0 Å². The first-order valence-electron chi connectivity index (χ1n) is 11.4. The van der Waals surface area contributed by atoms with Crippen LogP contribution in [0, 0.1) is 5.92 Å². The van der Waals surface area contributed by atoms with Crippen LogP contribution in [0.1, 0.15) is 90.4 Å². The van der Waals surface area contributed by atoms with E-state index in [9.17, 15) is 0 Å². The van der Waals surface area contributed by atoms with Crippen LogP contribution in [0.2, 0.25) is 0 Å². The van der Waals surface area contributed by atoms with Gasteiger partial charge in [-0.15, -0.1) is 0 Å². The number of ether oxygens (including phenoxy) is 1. The Bertz CT molecular complexity index is 350. The van der Waals surface area contributed by atoms with Crippen molar-refractivity contribution in [2.75, 3.05) is 33.4 Å². The minimum atomic E-state index is 0.782. The molecule has 152 valence electrons. The first-order chi connectivity index (χ1) is 12.8. The van der Waals surface area contributed by atoms with Crippen LogP contribution in [0.4, 0.5) is 0 Å². The lowest BCUT2D eigenvalue weighted by Gasteiger charge is -2.10. The molecule has 0 saturated carbocycles. The van der Waals surface area contributed by atoms with Gasteiger partial charge < -0.3 is 9.64 Å². The lowest BCUT2D eigenvalue weighted by atomic mass is 10.1. The molecule has 2 nitrogen and oxygen atoms in total. The van der Waals surface area contributed by atoms with Gasteiger partial charge in [0.05, 0.1) is 6.61 Å². The van der Waals surface area contributed by atoms with Crippen LogP contribution < -0.4 is 0 Å². The average molecular weight is 364 g/mol. The molecule has 1 aliphatic rings. The second-order valence-electron chi connectivity index (χ2n) is 8.08. The number of unbranched alkanes of at least 4 members (excludes halogenated alkanes) is 9. The zero-order valence-electron chi connectivity index (χ0n) is 17.8. The molecule has 0 aromatic rings. The molecule has 1 aliphatic heterocycles. The molecule has 26 heavy (non-hydrogen) atoms. The van der Waals surface area contributed by atoms with Gasteiger partial charge in [0.2, 0.25) is 0 Å². The first kappa shape index (κ1) is 23.4. The van der Waals surface area contributed by atoms with Gasteiger partial charge in [0.25, 0.3) is 0 Å². The average Bonchev–Trinajstić information content (AvgIpc) is 3.06. The monoisotopic (exact) mass is 363 g/mol. The molecule has 0 spiro atoms. The van der Waals surface area contributed by atoms with Crippen molar-refractivity contribution in [1.29, 1.82) is 0 Å². The predicted octanol–water partition coefficient (Wildman–Crippen LogP) is 6.77. The quantitative estimate of drug-likeness (QED) is 0.209. The van der Waals surface area contributed by atoms with Crippen LogP contribution >= 0.6 is 0 Å². The topological polar surface area (TPSA) is 12.5 Å². The van der Waals surface area contributed by atoms with Crippen LogP contribution in [-0.4, -0.2) is 38.3 Å². The van der Waals surface area contributed by atoms with Gasteiger partial charge in [0.1, 0.15) is 0 Å². The fourth-order valence-corrected chi connectivity index (χ4v) is 3.60. The van der Waals surface area contributed by atoms with Gasteiger partial charge >= 0.3 is 0 Å². The third-order valence-electron chi connectivity index (χ3n) is 5.33. The highest BCUT2D eigenvalue weighted by molar-refractivity contribution is 4.92. The molecule has 1 atom stereocenters. The summed E-state index contributed by atoms with van der Waals surface area (Å²) in [4.78, 5) is 2.41. The van der Waals surface area contributed by atoms with E-state index >= 15 is 0 Å². The summed E-state index contributed by atoms with van der Waals surface area (Å²) in [6.45, 7) is 6.68. The van der Waals surface area contributed by atoms with E-state index < -0.39 is 0 Å². The second kappa shape index (κ2) is 17.8. The summed E-state index contributed by atoms with van der Waals surface area (Å²) in [5, 5.41) is 0. The number of rotatable bonds is 17. The van der Waals surface area contributed by atoms with Crippen molar-refractivity contribution in [3.05, 3.63) is 24.3 Å². The molecular formula is C24H45NO. The smallest absolute Gasteiger partial charge is 0.0506 e. The Morgan fingerprint density at radius 1 is 0.846 bits per heavy atom. The molecule has 1 saturated heterocycles. The zero-order valence-corrected chi connectivity index (χ0v) is 17.8. The van der Waals surface area contributed by atoms with E-state index in [0.717, 1.165) is 25.6 Å². The van der Waals surface area contributed by atoms with Crippen LogP contribution in [0.25, 0.3) is 0 Å². The van der Waals surface area contributed by atoms with Crippen LogP contribution in [0.5, 0.6) is 0 Å². The summed E-state index contributed by atoms with van der Waals surface area (Å²) in [5.41, 5.74) is 0. The highest BCUT2D eigenvalue weighted by atomic mass is 16.5. The minimum absolute atomic E-state index is 0.782. The summed E-state index contributed by atoms with van der Waals surface area (Å²) < 4.78 is 5.84. The maximum atomic E-state index is 5.84. The molecule has 1 rings (SSSR count). The molecule has 0 amide bonds. The maximum Gasteiger partial charge on any atom is 0.0506 e. The van der Waals surface area contributed by atoms with E-state index in [1.165, 1.54) is 90.1 Å². The molecule has 0 radical (unpaired) electrons. The molecule has 0 bridgehead atoms. The second-order valence-corrected chi connectivity index (χ2v) is 8.08. The Morgan fingerprint density at radius 2 is 1.50 bits per heavy atom. The van der Waals surface area contributed by atoms with Crippen molar-refractivity contribution in [1.82, 2.24) is 4.90 Å². The molecule has 0 unspecified atom stereocenters. The SMILES string of the molecule is CCCCC/C=C\C/C=C\CCCCCCCCOC[C@H]1CCN(C)C1. The summed E-state index contributed by atoms with van der Waals surface area (Å²) >= 11 is 0. The third kappa shape index (κ3) is 14.6. The van der Waals surface area contributed by atoms with Gasteiger partial charge in [-0.25, -0.2) is 0 Å². The van der Waals surface area contributed by atoms with Crippen molar-refractivity contribution in [2.45, 2.75) is 90.4 Å². The Kier molecular flexibility index (Phi) is 16.0. The van der Waals surface area contributed by atoms with Crippen LogP contribution in [0.3, 0.4) is 0 Å². The lowest BCUT2D eigenvalue weighted by molar-refractivity contribution is 0.0986. The van der Waals surface area contributed by atoms with E-state index in [4.69, 9.17) is 4.74 Å². The van der Waals surface area contributed by atoms with Crippen molar-refractivity contribution >= 4 is 0 Å². The zero-order chi connectivity index (χ0) is 18.7. The van der Waals surface area contributed by atoms with E-state index in [0.29, 0.717) is 0 Å². The third-order valence-corrected chi connectivity index (χ3v) is 5.33. The number of likely N-dealkylation sites (tertiary alicyclic amines) is 1. The lowest BCUT2D eigenvalue weighted by Crippen LogP contribution is -2.17. The summed E-state index contributed by atoms with van der Waals surface area (Å²) in [5.74, 6) is 0.782. The highest BCUT2D eigenvalue weighted by Gasteiger charge is 2.18. The van der Waals surface area contributed by atoms with E-state index in [2.05, 4.69) is 43.2 Å². The predicted molar refractivity (Wildman–Crippen MR) is 116 cm³/mol. The van der Waals surface area contributed by atoms with E-state index in [1.807, 2.05) is 0 Å². The van der Waals surface area contributed by atoms with Gasteiger partial charge in [-0.05, 0) is 64.5 Å². The largest absolute Gasteiger partial charge is 0.381 e. The summed E-state index contributed by atoms with van der Waals surface area (Å²) in [7, 11) is 2.21. The summed E-state index contributed by atoms with van der Waals surface area (Å²) in [6.07, 6.45) is 26.4. The molecule has 1 fully saturated rings. The van der Waals surface area contributed by atoms with Crippen molar-refractivity contribution in [2.24, 2.45) is 5.92 Å². The van der Waals surface area contributed by atoms with Gasteiger partial charge in [-0.2, -0.15) is 0 Å². The van der Waals surface area contributed by atoms with Gasteiger partial charge in [0, 0.05) is 13.2 Å². The van der Waals surface area contributed by atoms with Crippen molar-refractivity contribution in [3.8, 4) is 0 Å². The Hall–Kier alpha value is -0.600. The number of nitrogens with zero attached hydrogens (tertiary/aromatic N) is 1. The normalized spacial score (nSPS) is 18.6. The van der Waals surface area contributed by atoms with E-state index in [-0.39, 0.29) is 0 Å². The standard InChI is InChI=1S/C24H45NO/c1-3-4-5-6-7-8-9-10-11-12-13-14-15-16-17-18-21-26-23-24-19-20-25(2)22-24/h7-8,10-11,24H,3-6,9,12-23H2,1-2H3/b8-7-,11-10-/t24-/m0/s1. The molecule has 0 aliphatic carbocycles. The van der Waals surface area contributed by atoms with Gasteiger partial charge in [-0.3, -0.25) is 0 Å². The number of allylic oxidation sites excluding steroid dienone is 4. The van der Waals surface area contributed by atoms with Crippen molar-refractivity contribution < 1.29 is 4.74 Å². The molecule has 0 N–H and O–H groups in total. The van der Waals surface area contributed by atoms with Crippen molar-refractivity contribution in [3.63, 3.8) is 0 Å². The fraction of sp³-hybridized carbons (Fsp3) is 0.833. The fourth-order valence-electron chi connectivity index (χ4n) is 3.60. The molecule has 0 aromatic heterocycles. The molecule has 1 heterocycles. The van der Waals surface area contributed by atoms with Crippen LogP contribution in [-0.2, 0) is 4.74 Å². The molecule has 2 heteroatoms. The maximum absolute atomic E-state index is 5.84. The number of hydrogen-bond donors (Lipinski definition) is 0. The minimum Gasteiger partial charge on any atom is -0.381 e. The van der Waals surface area contributed by atoms with Crippen LogP contribution in [0.15, 0.2) is 24.3 Å². The summed E-state index contributed by atoms with van der Waals surface area (Å²) in [6, 6.07) is 0.